The smallest absolute Gasteiger partial charge is 0.360 e. The molecule has 0 spiro atoms. The van der Waals surface area contributed by atoms with Crippen LogP contribution in [0.3, 0.4) is 0 Å². The van der Waals surface area contributed by atoms with Crippen LogP contribution in [0.5, 0.6) is 0 Å². The normalized spacial score (nSPS) is 10.9. The summed E-state index contributed by atoms with van der Waals surface area (Å²) in [4.78, 5) is 23.3. The molecule has 1 N–H and O–H groups in total. The summed E-state index contributed by atoms with van der Waals surface area (Å²) in [6.07, 6.45) is 1.54. The van der Waals surface area contributed by atoms with E-state index in [1.54, 1.807) is 12.1 Å². The van der Waals surface area contributed by atoms with Crippen LogP contribution in [0.4, 0.5) is 0 Å². The minimum absolute atomic E-state index is 0.117. The third-order valence-electron chi connectivity index (χ3n) is 3.12. The van der Waals surface area contributed by atoms with Crippen LogP contribution in [0.25, 0.3) is 5.69 Å². The van der Waals surface area contributed by atoms with E-state index in [-0.39, 0.29) is 5.92 Å². The maximum Gasteiger partial charge on any atom is 0.360 e. The number of carboxylic acids is 1. The lowest BCUT2D eigenvalue weighted by Crippen LogP contribution is -2.25. The van der Waals surface area contributed by atoms with Gasteiger partial charge in [-0.2, -0.15) is 5.10 Å². The summed E-state index contributed by atoms with van der Waals surface area (Å²) in [6, 6.07) is 5.34. The van der Waals surface area contributed by atoms with E-state index in [2.05, 4.69) is 5.10 Å². The van der Waals surface area contributed by atoms with Gasteiger partial charge < -0.3 is 5.11 Å². The molecule has 5 nitrogen and oxygen atoms in total. The van der Waals surface area contributed by atoms with Crippen molar-refractivity contribution in [3.05, 3.63) is 56.5 Å². The lowest BCUT2D eigenvalue weighted by Gasteiger charge is -2.12. The van der Waals surface area contributed by atoms with Crippen molar-refractivity contribution in [3.63, 3.8) is 0 Å². The molecule has 0 aliphatic carbocycles. The zero-order valence-electron chi connectivity index (χ0n) is 11.9. The van der Waals surface area contributed by atoms with Crippen molar-refractivity contribution in [2.45, 2.75) is 26.7 Å². The van der Waals surface area contributed by atoms with Crippen molar-refractivity contribution in [2.75, 3.05) is 0 Å². The average Bonchev–Trinajstić information content (AvgIpc) is 2.38. The summed E-state index contributed by atoms with van der Waals surface area (Å²) in [5, 5.41) is 13.5. The fourth-order valence-electron chi connectivity index (χ4n) is 1.98. The van der Waals surface area contributed by atoms with Crippen LogP contribution in [-0.4, -0.2) is 20.9 Å². The van der Waals surface area contributed by atoms with E-state index in [1.165, 1.54) is 10.9 Å². The van der Waals surface area contributed by atoms with Crippen molar-refractivity contribution in [1.29, 1.82) is 0 Å². The molecule has 21 heavy (non-hydrogen) atoms. The SMILES string of the molecule is Cc1ccc(-n2cc(C(C)C)c(=O)c(C(=O)O)n2)c(Cl)c1. The molecule has 0 aliphatic rings. The Morgan fingerprint density at radius 1 is 1.38 bits per heavy atom. The van der Waals surface area contributed by atoms with E-state index in [0.717, 1.165) is 5.56 Å². The van der Waals surface area contributed by atoms with Gasteiger partial charge in [0, 0.05) is 11.8 Å². The topological polar surface area (TPSA) is 72.2 Å². The first-order chi connectivity index (χ1) is 9.81. The van der Waals surface area contributed by atoms with Crippen LogP contribution in [0.15, 0.2) is 29.2 Å². The number of rotatable bonds is 3. The molecule has 6 heteroatoms. The Morgan fingerprint density at radius 2 is 2.05 bits per heavy atom. The van der Waals surface area contributed by atoms with E-state index >= 15 is 0 Å². The summed E-state index contributed by atoms with van der Waals surface area (Å²) >= 11 is 6.18. The summed E-state index contributed by atoms with van der Waals surface area (Å²) in [6.45, 7) is 5.55. The van der Waals surface area contributed by atoms with E-state index in [4.69, 9.17) is 16.7 Å². The summed E-state index contributed by atoms with van der Waals surface area (Å²) in [7, 11) is 0. The molecule has 0 unspecified atom stereocenters. The van der Waals surface area contributed by atoms with E-state index in [9.17, 15) is 9.59 Å². The summed E-state index contributed by atoms with van der Waals surface area (Å²) in [5.41, 5.74) is 0.841. The molecule has 0 aliphatic heterocycles. The average molecular weight is 307 g/mol. The molecule has 0 bridgehead atoms. The number of halogens is 1. The predicted octanol–water partition coefficient (Wildman–Crippen LogP) is 3.02. The first-order valence-electron chi connectivity index (χ1n) is 6.45. The second-order valence-corrected chi connectivity index (χ2v) is 5.53. The molecular formula is C15H15ClN2O3. The molecule has 0 atom stereocenters. The summed E-state index contributed by atoms with van der Waals surface area (Å²) in [5.74, 6) is -1.46. The molecule has 0 saturated carbocycles. The third kappa shape index (κ3) is 2.97. The van der Waals surface area contributed by atoms with Gasteiger partial charge in [-0.15, -0.1) is 0 Å². The Morgan fingerprint density at radius 3 is 2.57 bits per heavy atom. The Bertz CT molecular complexity index is 766. The number of carbonyl (C=O) groups is 1. The maximum atomic E-state index is 12.1. The van der Waals surface area contributed by atoms with Crippen molar-refractivity contribution in [3.8, 4) is 5.69 Å². The highest BCUT2D eigenvalue weighted by Gasteiger charge is 2.18. The van der Waals surface area contributed by atoms with Crippen LogP contribution >= 0.6 is 11.6 Å². The lowest BCUT2D eigenvalue weighted by atomic mass is 10.0. The molecule has 1 aromatic carbocycles. The number of carboxylic acid groups (broad SMARTS) is 1. The van der Waals surface area contributed by atoms with Crippen LogP contribution in [0.2, 0.25) is 5.02 Å². The zero-order chi connectivity index (χ0) is 15.7. The van der Waals surface area contributed by atoms with Crippen LogP contribution in [0, 0.1) is 6.92 Å². The predicted molar refractivity (Wildman–Crippen MR) is 80.6 cm³/mol. The van der Waals surface area contributed by atoms with Crippen LogP contribution in [-0.2, 0) is 0 Å². The van der Waals surface area contributed by atoms with Crippen LogP contribution < -0.4 is 5.43 Å². The van der Waals surface area contributed by atoms with Gasteiger partial charge in [0.2, 0.25) is 11.1 Å². The maximum absolute atomic E-state index is 12.1. The molecule has 0 fully saturated rings. The largest absolute Gasteiger partial charge is 0.476 e. The van der Waals surface area contributed by atoms with Gasteiger partial charge in [0.1, 0.15) is 0 Å². The molecule has 1 heterocycles. The highest BCUT2D eigenvalue weighted by Crippen LogP contribution is 2.22. The van der Waals surface area contributed by atoms with Gasteiger partial charge in [0.15, 0.2) is 0 Å². The zero-order valence-corrected chi connectivity index (χ0v) is 12.7. The fraction of sp³-hybridized carbons (Fsp3) is 0.267. The van der Waals surface area contributed by atoms with Crippen LogP contribution in [0.1, 0.15) is 41.4 Å². The van der Waals surface area contributed by atoms with E-state index < -0.39 is 17.1 Å². The molecule has 0 amide bonds. The molecular weight excluding hydrogens is 292 g/mol. The van der Waals surface area contributed by atoms with Gasteiger partial charge in [-0.3, -0.25) is 4.79 Å². The van der Waals surface area contributed by atoms with Crippen molar-refractivity contribution in [1.82, 2.24) is 9.78 Å². The highest BCUT2D eigenvalue weighted by molar-refractivity contribution is 6.32. The van der Waals surface area contributed by atoms with Gasteiger partial charge >= 0.3 is 5.97 Å². The number of aromatic carboxylic acids is 1. The second kappa shape index (κ2) is 5.69. The molecule has 0 saturated heterocycles. The van der Waals surface area contributed by atoms with E-state index in [1.807, 2.05) is 26.8 Å². The number of nitrogens with zero attached hydrogens (tertiary/aromatic N) is 2. The molecule has 2 rings (SSSR count). The van der Waals surface area contributed by atoms with Crippen molar-refractivity contribution in [2.24, 2.45) is 0 Å². The lowest BCUT2D eigenvalue weighted by molar-refractivity contribution is 0.0686. The quantitative estimate of drug-likeness (QED) is 0.946. The second-order valence-electron chi connectivity index (χ2n) is 5.12. The van der Waals surface area contributed by atoms with Gasteiger partial charge in [-0.05, 0) is 30.5 Å². The van der Waals surface area contributed by atoms with Gasteiger partial charge in [0.25, 0.3) is 0 Å². The Kier molecular flexibility index (Phi) is 4.14. The Labute approximate surface area is 126 Å². The minimum Gasteiger partial charge on any atom is -0.476 e. The minimum atomic E-state index is -1.35. The third-order valence-corrected chi connectivity index (χ3v) is 3.42. The van der Waals surface area contributed by atoms with Gasteiger partial charge in [0.05, 0.1) is 10.7 Å². The van der Waals surface area contributed by atoms with Crippen molar-refractivity contribution < 1.29 is 9.90 Å². The first-order valence-corrected chi connectivity index (χ1v) is 6.82. The first kappa shape index (κ1) is 15.3. The van der Waals surface area contributed by atoms with E-state index in [0.29, 0.717) is 16.3 Å². The molecule has 0 radical (unpaired) electrons. The summed E-state index contributed by atoms with van der Waals surface area (Å²) < 4.78 is 1.35. The van der Waals surface area contributed by atoms with Gasteiger partial charge in [-0.1, -0.05) is 31.5 Å². The number of benzene rings is 1. The number of aryl methyl sites for hydroxylation is 1. The Balaban J connectivity index is 2.75. The highest BCUT2D eigenvalue weighted by atomic mass is 35.5. The van der Waals surface area contributed by atoms with Gasteiger partial charge in [-0.25, -0.2) is 9.48 Å². The number of aromatic nitrogens is 2. The Hall–Kier alpha value is -2.14. The fourth-order valence-corrected chi connectivity index (χ4v) is 2.30. The number of hydrogen-bond acceptors (Lipinski definition) is 3. The molecule has 110 valence electrons. The number of hydrogen-bond donors (Lipinski definition) is 1. The van der Waals surface area contributed by atoms with Crippen molar-refractivity contribution >= 4 is 17.6 Å². The standard InChI is InChI=1S/C15H15ClN2O3/c1-8(2)10-7-18(17-13(14(10)19)15(20)21)12-5-4-9(3)6-11(12)16/h4-8H,1-3H3,(H,20,21). The molecule has 2 aromatic rings. The monoisotopic (exact) mass is 306 g/mol. The molecule has 1 aromatic heterocycles.